The summed E-state index contributed by atoms with van der Waals surface area (Å²) in [5, 5.41) is 7.14. The summed E-state index contributed by atoms with van der Waals surface area (Å²) in [6, 6.07) is 13.1. The molecule has 0 spiro atoms. The number of likely N-dealkylation sites (tertiary alicyclic amines) is 1. The highest BCUT2D eigenvalue weighted by Gasteiger charge is 2.30. The Kier molecular flexibility index (Phi) is 5.74. The zero-order valence-electron chi connectivity index (χ0n) is 16.4. The highest BCUT2D eigenvalue weighted by molar-refractivity contribution is 5.92. The minimum absolute atomic E-state index is 0.0399. The number of hydrogen-bond donors (Lipinski definition) is 1. The molecule has 0 bridgehead atoms. The number of rotatable bonds is 6. The smallest absolute Gasteiger partial charge is 0.274 e. The first kappa shape index (κ1) is 19.0. The van der Waals surface area contributed by atoms with Gasteiger partial charge in [0.2, 0.25) is 0 Å². The molecule has 1 saturated heterocycles. The van der Waals surface area contributed by atoms with Crippen molar-refractivity contribution in [1.29, 1.82) is 0 Å². The van der Waals surface area contributed by atoms with Gasteiger partial charge >= 0.3 is 0 Å². The Labute approximate surface area is 169 Å². The Balaban J connectivity index is 1.44. The molecule has 7 nitrogen and oxygen atoms in total. The molecule has 29 heavy (non-hydrogen) atoms. The number of benzene rings is 1. The van der Waals surface area contributed by atoms with E-state index < -0.39 is 0 Å². The van der Waals surface area contributed by atoms with Crippen molar-refractivity contribution in [2.45, 2.75) is 31.9 Å². The minimum Gasteiger partial charge on any atom is -0.497 e. The normalized spacial score (nSPS) is 16.4. The number of pyridine rings is 1. The van der Waals surface area contributed by atoms with E-state index >= 15 is 0 Å². The van der Waals surface area contributed by atoms with E-state index in [9.17, 15) is 4.79 Å². The van der Waals surface area contributed by atoms with Gasteiger partial charge in [-0.1, -0.05) is 12.1 Å². The van der Waals surface area contributed by atoms with Crippen molar-refractivity contribution >= 4 is 5.91 Å². The summed E-state index contributed by atoms with van der Waals surface area (Å²) >= 11 is 0. The largest absolute Gasteiger partial charge is 0.497 e. The van der Waals surface area contributed by atoms with Crippen molar-refractivity contribution in [1.82, 2.24) is 20.1 Å². The number of amides is 1. The quantitative estimate of drug-likeness (QED) is 0.691. The Morgan fingerprint density at radius 2 is 2.10 bits per heavy atom. The molecule has 0 radical (unpaired) electrons. The van der Waals surface area contributed by atoms with Crippen LogP contribution in [0.15, 0.2) is 54.9 Å². The number of piperidine rings is 1. The van der Waals surface area contributed by atoms with Crippen molar-refractivity contribution < 1.29 is 14.3 Å². The van der Waals surface area contributed by atoms with E-state index in [2.05, 4.69) is 15.2 Å². The molecule has 150 valence electrons. The molecule has 1 amide bonds. The second-order valence-electron chi connectivity index (χ2n) is 7.04. The van der Waals surface area contributed by atoms with Crippen LogP contribution < -0.4 is 9.47 Å². The lowest BCUT2D eigenvalue weighted by Crippen LogP contribution is -2.38. The van der Waals surface area contributed by atoms with Crippen LogP contribution in [0.25, 0.3) is 0 Å². The number of H-pyrrole nitrogens is 1. The van der Waals surface area contributed by atoms with E-state index in [0.29, 0.717) is 18.1 Å². The van der Waals surface area contributed by atoms with Gasteiger partial charge in [0, 0.05) is 25.0 Å². The van der Waals surface area contributed by atoms with E-state index in [-0.39, 0.29) is 11.9 Å². The lowest BCUT2D eigenvalue weighted by molar-refractivity contribution is 0.0605. The molecular formula is C22H24N4O3. The Morgan fingerprint density at radius 3 is 2.93 bits per heavy atom. The predicted molar refractivity (Wildman–Crippen MR) is 108 cm³/mol. The van der Waals surface area contributed by atoms with Crippen LogP contribution in [0.3, 0.4) is 0 Å². The standard InChI is InChI=1S/C22H24N4O3/c1-28-18-7-4-8-19(13-18)29-15-17-12-20(25-24-17)22(27)26-11-3-2-9-21(26)16-6-5-10-23-14-16/h4-8,10,12-14,21H,2-3,9,11,15H2,1H3,(H,24,25)/t21-/m1/s1. The average molecular weight is 392 g/mol. The zero-order chi connectivity index (χ0) is 20.1. The van der Waals surface area contributed by atoms with Crippen LogP contribution >= 0.6 is 0 Å². The van der Waals surface area contributed by atoms with Crippen molar-refractivity contribution in [2.75, 3.05) is 13.7 Å². The molecule has 1 aliphatic rings. The van der Waals surface area contributed by atoms with Gasteiger partial charge in [0.1, 0.15) is 18.1 Å². The van der Waals surface area contributed by atoms with Gasteiger partial charge in [-0.2, -0.15) is 5.10 Å². The molecule has 1 N–H and O–H groups in total. The molecule has 0 saturated carbocycles. The number of hydrogen-bond acceptors (Lipinski definition) is 5. The van der Waals surface area contributed by atoms with Crippen LogP contribution in [0.1, 0.15) is 47.1 Å². The van der Waals surface area contributed by atoms with Gasteiger partial charge in [0.15, 0.2) is 5.69 Å². The fourth-order valence-corrected chi connectivity index (χ4v) is 3.64. The van der Waals surface area contributed by atoms with Gasteiger partial charge in [0.25, 0.3) is 5.91 Å². The van der Waals surface area contributed by atoms with Gasteiger partial charge in [-0.25, -0.2) is 0 Å². The first-order valence-electron chi connectivity index (χ1n) is 9.76. The van der Waals surface area contributed by atoms with E-state index in [4.69, 9.17) is 9.47 Å². The number of aromatic nitrogens is 3. The van der Waals surface area contributed by atoms with Gasteiger partial charge in [0.05, 0.1) is 18.8 Å². The lowest BCUT2D eigenvalue weighted by atomic mass is 9.96. The maximum atomic E-state index is 13.1. The molecule has 1 aliphatic heterocycles. The van der Waals surface area contributed by atoms with Crippen molar-refractivity contribution in [3.63, 3.8) is 0 Å². The van der Waals surface area contributed by atoms with Gasteiger partial charge < -0.3 is 14.4 Å². The first-order chi connectivity index (χ1) is 14.2. The molecule has 0 aliphatic carbocycles. The molecule has 1 atom stereocenters. The summed E-state index contributed by atoms with van der Waals surface area (Å²) in [6.45, 7) is 1.01. The zero-order valence-corrected chi connectivity index (χ0v) is 16.4. The SMILES string of the molecule is COc1cccc(OCc2cc(C(=O)N3CCCC[C@@H]3c3cccnc3)n[nH]2)c1. The summed E-state index contributed by atoms with van der Waals surface area (Å²) in [4.78, 5) is 19.2. The summed E-state index contributed by atoms with van der Waals surface area (Å²) < 4.78 is 11.0. The number of carbonyl (C=O) groups excluding carboxylic acids is 1. The van der Waals surface area contributed by atoms with Crippen LogP contribution in [0.4, 0.5) is 0 Å². The molecule has 3 aromatic rings. The maximum absolute atomic E-state index is 13.1. The van der Waals surface area contributed by atoms with E-state index in [0.717, 1.165) is 42.8 Å². The Hall–Kier alpha value is -3.35. The number of nitrogens with one attached hydrogen (secondary N) is 1. The van der Waals surface area contributed by atoms with Crippen LogP contribution in [0.5, 0.6) is 11.5 Å². The summed E-state index contributed by atoms with van der Waals surface area (Å²) in [5.74, 6) is 1.36. The molecule has 1 aromatic carbocycles. The Bertz CT molecular complexity index is 957. The topological polar surface area (TPSA) is 80.3 Å². The number of methoxy groups -OCH3 is 1. The minimum atomic E-state index is -0.0672. The van der Waals surface area contributed by atoms with Crippen LogP contribution in [0.2, 0.25) is 0 Å². The maximum Gasteiger partial charge on any atom is 0.274 e. The van der Waals surface area contributed by atoms with Crippen molar-refractivity contribution in [2.24, 2.45) is 0 Å². The van der Waals surface area contributed by atoms with Crippen LogP contribution in [-0.2, 0) is 6.61 Å². The summed E-state index contributed by atoms with van der Waals surface area (Å²) in [5.41, 5.74) is 2.22. The third-order valence-corrected chi connectivity index (χ3v) is 5.12. The van der Waals surface area contributed by atoms with Crippen LogP contribution in [-0.4, -0.2) is 39.6 Å². The molecule has 4 rings (SSSR count). The average Bonchev–Trinajstić information content (AvgIpc) is 3.27. The first-order valence-corrected chi connectivity index (χ1v) is 9.76. The second kappa shape index (κ2) is 8.77. The van der Waals surface area contributed by atoms with Crippen molar-refractivity contribution in [3.8, 4) is 11.5 Å². The highest BCUT2D eigenvalue weighted by Crippen LogP contribution is 2.31. The van der Waals surface area contributed by atoms with E-state index in [1.807, 2.05) is 47.5 Å². The monoisotopic (exact) mass is 392 g/mol. The molecular weight excluding hydrogens is 368 g/mol. The third kappa shape index (κ3) is 4.39. The van der Waals surface area contributed by atoms with Gasteiger partial charge in [-0.05, 0) is 49.1 Å². The summed E-state index contributed by atoms with van der Waals surface area (Å²) in [7, 11) is 1.62. The summed E-state index contributed by atoms with van der Waals surface area (Å²) in [6.07, 6.45) is 6.63. The fraction of sp³-hybridized carbons (Fsp3) is 0.318. The number of ether oxygens (including phenoxy) is 2. The predicted octanol–water partition coefficient (Wildman–Crippen LogP) is 3.76. The molecule has 7 heteroatoms. The number of aromatic amines is 1. The molecule has 2 aromatic heterocycles. The third-order valence-electron chi connectivity index (χ3n) is 5.12. The van der Waals surface area contributed by atoms with Gasteiger partial charge in [-0.3, -0.25) is 14.9 Å². The highest BCUT2D eigenvalue weighted by atomic mass is 16.5. The van der Waals surface area contributed by atoms with Crippen LogP contribution in [0, 0.1) is 0 Å². The lowest BCUT2D eigenvalue weighted by Gasteiger charge is -2.35. The van der Waals surface area contributed by atoms with E-state index in [1.165, 1.54) is 0 Å². The molecule has 0 unspecified atom stereocenters. The van der Waals surface area contributed by atoms with E-state index in [1.54, 1.807) is 19.4 Å². The Morgan fingerprint density at radius 1 is 1.21 bits per heavy atom. The molecule has 3 heterocycles. The van der Waals surface area contributed by atoms with Gasteiger partial charge in [-0.15, -0.1) is 0 Å². The second-order valence-corrected chi connectivity index (χ2v) is 7.04. The molecule has 1 fully saturated rings. The number of carbonyl (C=O) groups is 1. The fourth-order valence-electron chi connectivity index (χ4n) is 3.64. The van der Waals surface area contributed by atoms with Crippen molar-refractivity contribution in [3.05, 3.63) is 71.8 Å². The number of nitrogens with zero attached hydrogens (tertiary/aromatic N) is 3.